The number of rotatable bonds is 4. The van der Waals surface area contributed by atoms with Crippen molar-refractivity contribution in [2.75, 3.05) is 32.1 Å². The van der Waals surface area contributed by atoms with E-state index in [0.29, 0.717) is 0 Å². The first kappa shape index (κ1) is 19.8. The first-order valence-electron chi connectivity index (χ1n) is 8.04. The maximum Gasteiger partial charge on any atom is 0.0444 e. The second-order valence-corrected chi connectivity index (χ2v) is 8.19. The minimum Gasteiger partial charge on any atom is -0.341 e. The zero-order valence-corrected chi connectivity index (χ0v) is 18.0. The summed E-state index contributed by atoms with van der Waals surface area (Å²) in [5, 5.41) is 0. The van der Waals surface area contributed by atoms with Gasteiger partial charge in [-0.1, -0.05) is 31.9 Å². The summed E-state index contributed by atoms with van der Waals surface area (Å²) in [6.07, 6.45) is 3.32. The third-order valence-corrected chi connectivity index (χ3v) is 5.30. The molecule has 0 atom stereocenters. The number of aryl methyl sites for hydroxylation is 2. The molecule has 0 N–H and O–H groups in total. The molecule has 0 saturated heterocycles. The van der Waals surface area contributed by atoms with Crippen LogP contribution in [-0.4, -0.2) is 32.1 Å². The van der Waals surface area contributed by atoms with E-state index in [0.717, 1.165) is 41.3 Å². The van der Waals surface area contributed by atoms with E-state index in [1.807, 2.05) is 0 Å². The van der Waals surface area contributed by atoms with E-state index in [2.05, 4.69) is 92.2 Å². The predicted octanol–water partition coefficient (Wildman–Crippen LogP) is 5.82. The largest absolute Gasteiger partial charge is 0.341 e. The second kappa shape index (κ2) is 8.70. The van der Waals surface area contributed by atoms with Crippen molar-refractivity contribution in [1.29, 1.82) is 0 Å². The number of anilines is 2. The quantitative estimate of drug-likeness (QED) is 0.551. The maximum absolute atomic E-state index is 3.62. The van der Waals surface area contributed by atoms with Crippen LogP contribution < -0.4 is 4.90 Å². The van der Waals surface area contributed by atoms with Crippen molar-refractivity contribution in [2.24, 2.45) is 0 Å². The molecule has 24 heavy (non-hydrogen) atoms. The van der Waals surface area contributed by atoms with Gasteiger partial charge in [0.25, 0.3) is 0 Å². The molecule has 130 valence electrons. The molecule has 5 heteroatoms. The Bertz CT molecular complexity index is 650. The second-order valence-electron chi connectivity index (χ2n) is 6.35. The van der Waals surface area contributed by atoms with Gasteiger partial charge in [0.15, 0.2) is 0 Å². The molecule has 1 heterocycles. The zero-order valence-electron chi connectivity index (χ0n) is 14.1. The molecule has 3 rings (SSSR count). The van der Waals surface area contributed by atoms with E-state index in [-0.39, 0.29) is 12.4 Å². The minimum absolute atomic E-state index is 0. The van der Waals surface area contributed by atoms with Crippen LogP contribution in [0.25, 0.3) is 0 Å². The number of hydrogen-bond donors (Lipinski definition) is 0. The number of benzene rings is 2. The van der Waals surface area contributed by atoms with Crippen LogP contribution in [0.3, 0.4) is 0 Å². The standard InChI is InChI=1S/C19H22Br2N2.ClH/c1-22(2)10-3-11-23-18-8-6-16(20)12-14(18)4-5-15-13-17(21)7-9-19(15)23;/h6-9,12-13H,3-5,10-11H2,1-2H3;1H. The van der Waals surface area contributed by atoms with Gasteiger partial charge in [-0.2, -0.15) is 0 Å². The summed E-state index contributed by atoms with van der Waals surface area (Å²) >= 11 is 7.24. The number of fused-ring (bicyclic) bond motifs is 2. The molecule has 0 amide bonds. The lowest BCUT2D eigenvalue weighted by Gasteiger charge is -2.28. The van der Waals surface area contributed by atoms with Gasteiger partial charge >= 0.3 is 0 Å². The predicted molar refractivity (Wildman–Crippen MR) is 113 cm³/mol. The van der Waals surface area contributed by atoms with Crippen LogP contribution in [0.15, 0.2) is 45.3 Å². The molecule has 0 fully saturated rings. The van der Waals surface area contributed by atoms with Crippen molar-refractivity contribution in [3.63, 3.8) is 0 Å². The molecule has 1 aliphatic rings. The van der Waals surface area contributed by atoms with Crippen LogP contribution >= 0.6 is 44.3 Å². The summed E-state index contributed by atoms with van der Waals surface area (Å²) < 4.78 is 2.33. The van der Waals surface area contributed by atoms with Crippen LogP contribution in [0.5, 0.6) is 0 Å². The highest BCUT2D eigenvalue weighted by molar-refractivity contribution is 9.10. The summed E-state index contributed by atoms with van der Waals surface area (Å²) in [6.45, 7) is 2.15. The average molecular weight is 475 g/mol. The SMILES string of the molecule is CN(C)CCCN1c2ccc(Br)cc2CCc2cc(Br)ccc21.Cl. The zero-order chi connectivity index (χ0) is 16.4. The van der Waals surface area contributed by atoms with Gasteiger partial charge in [0.1, 0.15) is 0 Å². The summed E-state index contributed by atoms with van der Waals surface area (Å²) in [5.41, 5.74) is 5.56. The van der Waals surface area contributed by atoms with Crippen LogP contribution in [0.2, 0.25) is 0 Å². The fourth-order valence-corrected chi connectivity index (χ4v) is 4.04. The Kier molecular flexibility index (Phi) is 7.17. The Morgan fingerprint density at radius 3 is 1.88 bits per heavy atom. The first-order chi connectivity index (χ1) is 11.0. The first-order valence-corrected chi connectivity index (χ1v) is 9.62. The fourth-order valence-electron chi connectivity index (χ4n) is 3.22. The molecule has 2 aromatic carbocycles. The normalized spacial score (nSPS) is 13.1. The maximum atomic E-state index is 3.62. The molecule has 0 radical (unpaired) electrons. The molecule has 0 aliphatic carbocycles. The fraction of sp³-hybridized carbons (Fsp3) is 0.368. The molecular formula is C19H23Br2ClN2. The highest BCUT2D eigenvalue weighted by Crippen LogP contribution is 2.38. The van der Waals surface area contributed by atoms with Gasteiger partial charge in [-0.05, 0) is 87.4 Å². The van der Waals surface area contributed by atoms with Crippen LogP contribution in [0, 0.1) is 0 Å². The van der Waals surface area contributed by atoms with E-state index in [9.17, 15) is 0 Å². The summed E-state index contributed by atoms with van der Waals surface area (Å²) in [5.74, 6) is 0. The van der Waals surface area contributed by atoms with E-state index in [4.69, 9.17) is 0 Å². The summed E-state index contributed by atoms with van der Waals surface area (Å²) in [7, 11) is 4.27. The number of nitrogens with zero attached hydrogens (tertiary/aromatic N) is 2. The lowest BCUT2D eigenvalue weighted by molar-refractivity contribution is 0.402. The lowest BCUT2D eigenvalue weighted by Crippen LogP contribution is -2.24. The number of halogens is 3. The molecule has 2 aromatic rings. The molecule has 0 unspecified atom stereocenters. The molecule has 0 bridgehead atoms. The molecular weight excluding hydrogens is 451 g/mol. The smallest absolute Gasteiger partial charge is 0.0444 e. The van der Waals surface area contributed by atoms with Gasteiger partial charge in [0.2, 0.25) is 0 Å². The van der Waals surface area contributed by atoms with Crippen molar-refractivity contribution in [3.05, 3.63) is 56.5 Å². The van der Waals surface area contributed by atoms with Gasteiger partial charge < -0.3 is 9.80 Å². The van der Waals surface area contributed by atoms with Crippen molar-refractivity contribution in [1.82, 2.24) is 4.90 Å². The molecule has 0 aromatic heterocycles. The average Bonchev–Trinajstić information content (AvgIpc) is 2.64. The van der Waals surface area contributed by atoms with Crippen molar-refractivity contribution in [2.45, 2.75) is 19.3 Å². The molecule has 0 spiro atoms. The van der Waals surface area contributed by atoms with Gasteiger partial charge in [-0.15, -0.1) is 12.4 Å². The Labute approximate surface area is 167 Å². The van der Waals surface area contributed by atoms with E-state index in [1.165, 1.54) is 22.5 Å². The third kappa shape index (κ3) is 4.54. The molecule has 2 nitrogen and oxygen atoms in total. The summed E-state index contributed by atoms with van der Waals surface area (Å²) in [4.78, 5) is 4.75. The van der Waals surface area contributed by atoms with Crippen LogP contribution in [0.4, 0.5) is 11.4 Å². The van der Waals surface area contributed by atoms with E-state index in [1.54, 1.807) is 0 Å². The molecule has 0 saturated carbocycles. The van der Waals surface area contributed by atoms with Gasteiger partial charge in [-0.25, -0.2) is 0 Å². The van der Waals surface area contributed by atoms with E-state index >= 15 is 0 Å². The van der Waals surface area contributed by atoms with Crippen molar-refractivity contribution < 1.29 is 0 Å². The van der Waals surface area contributed by atoms with Crippen molar-refractivity contribution in [3.8, 4) is 0 Å². The highest BCUT2D eigenvalue weighted by atomic mass is 79.9. The lowest BCUT2D eigenvalue weighted by atomic mass is 10.0. The Morgan fingerprint density at radius 1 is 0.917 bits per heavy atom. The summed E-state index contributed by atoms with van der Waals surface area (Å²) in [6, 6.07) is 13.4. The van der Waals surface area contributed by atoms with E-state index < -0.39 is 0 Å². The topological polar surface area (TPSA) is 6.48 Å². The Balaban J connectivity index is 0.00000208. The highest BCUT2D eigenvalue weighted by Gasteiger charge is 2.20. The van der Waals surface area contributed by atoms with Gasteiger partial charge in [-0.3, -0.25) is 0 Å². The Morgan fingerprint density at radius 2 is 1.42 bits per heavy atom. The van der Waals surface area contributed by atoms with Crippen molar-refractivity contribution >= 4 is 55.6 Å². The van der Waals surface area contributed by atoms with Crippen LogP contribution in [-0.2, 0) is 12.8 Å². The molecule has 1 aliphatic heterocycles. The van der Waals surface area contributed by atoms with Gasteiger partial charge in [0.05, 0.1) is 0 Å². The third-order valence-electron chi connectivity index (χ3n) is 4.32. The Hall–Kier alpha value is -0.550. The van der Waals surface area contributed by atoms with Gasteiger partial charge in [0, 0.05) is 26.9 Å². The van der Waals surface area contributed by atoms with Crippen LogP contribution in [0.1, 0.15) is 17.5 Å². The monoisotopic (exact) mass is 472 g/mol. The minimum atomic E-state index is 0. The number of hydrogen-bond acceptors (Lipinski definition) is 2.